The lowest BCUT2D eigenvalue weighted by Gasteiger charge is -2.37. The largest absolute Gasteiger partial charge is 0.508 e. The lowest BCUT2D eigenvalue weighted by molar-refractivity contribution is 0.125. The van der Waals surface area contributed by atoms with Crippen molar-refractivity contribution in [2.45, 2.75) is 45.7 Å². The van der Waals surface area contributed by atoms with Gasteiger partial charge in [-0.1, -0.05) is 18.2 Å². The first kappa shape index (κ1) is 15.3. The van der Waals surface area contributed by atoms with E-state index in [-0.39, 0.29) is 6.04 Å². The fourth-order valence-electron chi connectivity index (χ4n) is 3.21. The van der Waals surface area contributed by atoms with Gasteiger partial charge in [-0.15, -0.1) is 0 Å². The topological polar surface area (TPSA) is 35.5 Å². The van der Waals surface area contributed by atoms with E-state index in [9.17, 15) is 5.11 Å². The number of hydrogen-bond acceptors (Lipinski definition) is 3. The number of piperidine rings is 1. The van der Waals surface area contributed by atoms with Crippen molar-refractivity contribution in [2.24, 2.45) is 5.92 Å². The van der Waals surface area contributed by atoms with E-state index in [1.807, 2.05) is 18.2 Å². The molecule has 0 aliphatic carbocycles. The van der Waals surface area contributed by atoms with Crippen LogP contribution in [0.15, 0.2) is 24.3 Å². The first-order valence-electron chi connectivity index (χ1n) is 7.84. The zero-order valence-electron chi connectivity index (χ0n) is 13.0. The fourth-order valence-corrected chi connectivity index (χ4v) is 3.21. The summed E-state index contributed by atoms with van der Waals surface area (Å²) < 4.78 is 0. The zero-order chi connectivity index (χ0) is 14.5. The molecule has 1 aromatic carbocycles. The van der Waals surface area contributed by atoms with Crippen molar-refractivity contribution in [1.82, 2.24) is 10.2 Å². The van der Waals surface area contributed by atoms with Crippen LogP contribution in [0.3, 0.4) is 0 Å². The van der Waals surface area contributed by atoms with Gasteiger partial charge in [0.25, 0.3) is 0 Å². The number of rotatable bonds is 5. The number of hydrogen-bond donors (Lipinski definition) is 2. The Morgan fingerprint density at radius 1 is 1.30 bits per heavy atom. The van der Waals surface area contributed by atoms with Gasteiger partial charge in [0.2, 0.25) is 0 Å². The summed E-state index contributed by atoms with van der Waals surface area (Å²) in [5, 5.41) is 13.6. The lowest BCUT2D eigenvalue weighted by Crippen LogP contribution is -2.42. The van der Waals surface area contributed by atoms with Crippen LogP contribution in [0.5, 0.6) is 5.75 Å². The highest BCUT2D eigenvalue weighted by atomic mass is 16.3. The molecule has 0 bridgehead atoms. The maximum absolute atomic E-state index is 10.1. The molecule has 0 saturated carbocycles. The van der Waals surface area contributed by atoms with Gasteiger partial charge in [0, 0.05) is 24.2 Å². The molecule has 2 unspecified atom stereocenters. The van der Waals surface area contributed by atoms with Gasteiger partial charge in [-0.25, -0.2) is 0 Å². The molecule has 1 fully saturated rings. The molecule has 1 aromatic rings. The molecular formula is C17H28N2O. The summed E-state index contributed by atoms with van der Waals surface area (Å²) in [5.41, 5.74) is 1.03. The molecule has 112 valence electrons. The Morgan fingerprint density at radius 3 is 2.65 bits per heavy atom. The Balaban J connectivity index is 2.09. The summed E-state index contributed by atoms with van der Waals surface area (Å²) in [7, 11) is 0. The van der Waals surface area contributed by atoms with Crippen molar-refractivity contribution < 1.29 is 5.11 Å². The Hall–Kier alpha value is -1.06. The van der Waals surface area contributed by atoms with Crippen LogP contribution in [0.1, 0.15) is 45.2 Å². The number of nitrogens with one attached hydrogen (secondary N) is 1. The SMILES string of the molecule is CC(C)N(CC1CCCNC1)C(C)c1ccccc1O. The van der Waals surface area contributed by atoms with Gasteiger partial charge < -0.3 is 10.4 Å². The van der Waals surface area contributed by atoms with Crippen molar-refractivity contribution in [1.29, 1.82) is 0 Å². The molecule has 1 saturated heterocycles. The van der Waals surface area contributed by atoms with Crippen molar-refractivity contribution in [2.75, 3.05) is 19.6 Å². The molecule has 3 nitrogen and oxygen atoms in total. The van der Waals surface area contributed by atoms with Gasteiger partial charge in [0.15, 0.2) is 0 Å². The summed E-state index contributed by atoms with van der Waals surface area (Å²) in [6.07, 6.45) is 2.59. The van der Waals surface area contributed by atoms with Gasteiger partial charge >= 0.3 is 0 Å². The molecule has 20 heavy (non-hydrogen) atoms. The molecule has 2 rings (SSSR count). The van der Waals surface area contributed by atoms with Crippen LogP contribution in [-0.4, -0.2) is 35.7 Å². The second-order valence-corrected chi connectivity index (χ2v) is 6.24. The molecular weight excluding hydrogens is 248 g/mol. The average Bonchev–Trinajstić information content (AvgIpc) is 2.45. The quantitative estimate of drug-likeness (QED) is 0.867. The first-order chi connectivity index (χ1) is 9.59. The van der Waals surface area contributed by atoms with E-state index < -0.39 is 0 Å². The molecule has 0 aromatic heterocycles. The minimum atomic E-state index is 0.248. The number of benzene rings is 1. The number of para-hydroxylation sites is 1. The van der Waals surface area contributed by atoms with Crippen LogP contribution in [0.2, 0.25) is 0 Å². The molecule has 1 aliphatic rings. The monoisotopic (exact) mass is 276 g/mol. The van der Waals surface area contributed by atoms with Crippen LogP contribution < -0.4 is 5.32 Å². The van der Waals surface area contributed by atoms with Gasteiger partial charge in [0.05, 0.1) is 0 Å². The highest BCUT2D eigenvalue weighted by molar-refractivity contribution is 5.34. The number of nitrogens with zero attached hydrogens (tertiary/aromatic N) is 1. The van der Waals surface area contributed by atoms with Gasteiger partial charge in [-0.2, -0.15) is 0 Å². The molecule has 2 atom stereocenters. The highest BCUT2D eigenvalue weighted by Crippen LogP contribution is 2.30. The van der Waals surface area contributed by atoms with E-state index in [4.69, 9.17) is 0 Å². The molecule has 2 N–H and O–H groups in total. The van der Waals surface area contributed by atoms with Crippen LogP contribution in [0, 0.1) is 5.92 Å². The van der Waals surface area contributed by atoms with Crippen LogP contribution in [0.4, 0.5) is 0 Å². The minimum Gasteiger partial charge on any atom is -0.508 e. The summed E-state index contributed by atoms with van der Waals surface area (Å²) in [5.74, 6) is 1.13. The zero-order valence-corrected chi connectivity index (χ0v) is 13.0. The first-order valence-corrected chi connectivity index (χ1v) is 7.84. The Bertz CT molecular complexity index is 413. The van der Waals surface area contributed by atoms with Gasteiger partial charge in [-0.3, -0.25) is 4.90 Å². The summed E-state index contributed by atoms with van der Waals surface area (Å²) in [6, 6.07) is 8.44. The van der Waals surface area contributed by atoms with E-state index >= 15 is 0 Å². The third-order valence-corrected chi connectivity index (χ3v) is 4.42. The van der Waals surface area contributed by atoms with Crippen LogP contribution in [0.25, 0.3) is 0 Å². The molecule has 0 amide bonds. The number of aromatic hydroxyl groups is 1. The normalized spacial score (nSPS) is 21.4. The van der Waals surface area contributed by atoms with Gasteiger partial charge in [0.1, 0.15) is 5.75 Å². The second-order valence-electron chi connectivity index (χ2n) is 6.24. The van der Waals surface area contributed by atoms with Crippen molar-refractivity contribution in [3.8, 4) is 5.75 Å². The molecule has 0 spiro atoms. The van der Waals surface area contributed by atoms with Crippen molar-refractivity contribution >= 4 is 0 Å². The Morgan fingerprint density at radius 2 is 2.05 bits per heavy atom. The highest BCUT2D eigenvalue weighted by Gasteiger charge is 2.24. The standard InChI is InChI=1S/C17H28N2O/c1-13(2)19(12-15-7-6-10-18-11-15)14(3)16-8-4-5-9-17(16)20/h4-5,8-9,13-15,18,20H,6-7,10-12H2,1-3H3. The van der Waals surface area contributed by atoms with Crippen molar-refractivity contribution in [3.63, 3.8) is 0 Å². The van der Waals surface area contributed by atoms with Crippen LogP contribution in [-0.2, 0) is 0 Å². The smallest absolute Gasteiger partial charge is 0.120 e. The minimum absolute atomic E-state index is 0.248. The number of phenolic OH excluding ortho intramolecular Hbond substituents is 1. The van der Waals surface area contributed by atoms with E-state index in [1.165, 1.54) is 12.8 Å². The fraction of sp³-hybridized carbons (Fsp3) is 0.647. The Labute approximate surface area is 123 Å². The molecule has 0 radical (unpaired) electrons. The maximum Gasteiger partial charge on any atom is 0.120 e. The molecule has 1 aliphatic heterocycles. The predicted octanol–water partition coefficient (Wildman–Crippen LogP) is 3.16. The average molecular weight is 276 g/mol. The summed E-state index contributed by atoms with van der Waals surface area (Å²) in [6.45, 7) is 10.1. The van der Waals surface area contributed by atoms with E-state index in [1.54, 1.807) is 6.07 Å². The predicted molar refractivity (Wildman–Crippen MR) is 84.0 cm³/mol. The third-order valence-electron chi connectivity index (χ3n) is 4.42. The van der Waals surface area contributed by atoms with E-state index in [2.05, 4.69) is 31.0 Å². The third kappa shape index (κ3) is 3.74. The second kappa shape index (κ2) is 7.09. The van der Waals surface area contributed by atoms with E-state index in [0.717, 1.165) is 31.1 Å². The summed E-state index contributed by atoms with van der Waals surface area (Å²) >= 11 is 0. The van der Waals surface area contributed by atoms with Crippen LogP contribution >= 0.6 is 0 Å². The molecule has 3 heteroatoms. The number of phenols is 1. The molecule has 1 heterocycles. The van der Waals surface area contributed by atoms with Crippen molar-refractivity contribution in [3.05, 3.63) is 29.8 Å². The maximum atomic E-state index is 10.1. The van der Waals surface area contributed by atoms with Gasteiger partial charge in [-0.05, 0) is 58.7 Å². The van der Waals surface area contributed by atoms with E-state index in [0.29, 0.717) is 11.8 Å². The Kier molecular flexibility index (Phi) is 5.44. The summed E-state index contributed by atoms with van der Waals surface area (Å²) in [4.78, 5) is 2.51. The lowest BCUT2D eigenvalue weighted by atomic mass is 9.96.